The topological polar surface area (TPSA) is 67.4 Å². The normalized spacial score (nSPS) is 10.4. The van der Waals surface area contributed by atoms with Gasteiger partial charge in [0.2, 0.25) is 5.91 Å². The van der Waals surface area contributed by atoms with Gasteiger partial charge in [0, 0.05) is 28.2 Å². The van der Waals surface area contributed by atoms with Gasteiger partial charge < -0.3 is 15.4 Å². The molecule has 3 aromatic carbocycles. The number of ether oxygens (including phenoxy) is 1. The third-order valence-corrected chi connectivity index (χ3v) is 5.78. The predicted octanol–water partition coefficient (Wildman–Crippen LogP) is 5.05. The molecule has 31 heavy (non-hydrogen) atoms. The number of amides is 2. The van der Waals surface area contributed by atoms with Crippen molar-refractivity contribution in [2.24, 2.45) is 0 Å². The molecular weight excluding hydrogens is 432 g/mol. The zero-order valence-electron chi connectivity index (χ0n) is 17.1. The SMILES string of the molecule is COc1cccc(NC(=O)CSc2ccccc2C(=O)NCCc2ccc(Cl)cc2)c1. The molecule has 3 aromatic rings. The molecule has 0 fully saturated rings. The van der Waals surface area contributed by atoms with Crippen molar-refractivity contribution in [1.29, 1.82) is 0 Å². The summed E-state index contributed by atoms with van der Waals surface area (Å²) in [5.74, 6) is 0.541. The molecule has 5 nitrogen and oxygen atoms in total. The van der Waals surface area contributed by atoms with Crippen molar-refractivity contribution in [3.8, 4) is 5.75 Å². The maximum Gasteiger partial charge on any atom is 0.252 e. The van der Waals surface area contributed by atoms with Gasteiger partial charge in [-0.2, -0.15) is 0 Å². The van der Waals surface area contributed by atoms with Gasteiger partial charge in [0.1, 0.15) is 5.75 Å². The average molecular weight is 455 g/mol. The molecule has 0 bridgehead atoms. The highest BCUT2D eigenvalue weighted by Crippen LogP contribution is 2.23. The van der Waals surface area contributed by atoms with Crippen LogP contribution >= 0.6 is 23.4 Å². The summed E-state index contributed by atoms with van der Waals surface area (Å²) in [6.45, 7) is 0.510. The molecule has 0 atom stereocenters. The van der Waals surface area contributed by atoms with Crippen molar-refractivity contribution >= 4 is 40.9 Å². The Hall–Kier alpha value is -2.96. The van der Waals surface area contributed by atoms with Crippen LogP contribution in [0.25, 0.3) is 0 Å². The molecule has 160 valence electrons. The number of halogens is 1. The molecular formula is C24H23ClN2O3S. The van der Waals surface area contributed by atoms with Crippen LogP contribution < -0.4 is 15.4 Å². The minimum Gasteiger partial charge on any atom is -0.497 e. The van der Waals surface area contributed by atoms with Gasteiger partial charge in [-0.25, -0.2) is 0 Å². The third-order valence-electron chi connectivity index (χ3n) is 4.46. The quantitative estimate of drug-likeness (QED) is 0.444. The molecule has 2 amide bonds. The molecule has 0 aromatic heterocycles. The van der Waals surface area contributed by atoms with E-state index < -0.39 is 0 Å². The Morgan fingerprint density at radius 1 is 1.00 bits per heavy atom. The maximum atomic E-state index is 12.7. The first-order valence-corrected chi connectivity index (χ1v) is 11.1. The van der Waals surface area contributed by atoms with E-state index in [1.165, 1.54) is 11.8 Å². The number of hydrogen-bond donors (Lipinski definition) is 2. The van der Waals surface area contributed by atoms with E-state index in [0.29, 0.717) is 35.0 Å². The van der Waals surface area contributed by atoms with E-state index in [4.69, 9.17) is 16.3 Å². The van der Waals surface area contributed by atoms with Crippen LogP contribution in [0.2, 0.25) is 5.02 Å². The van der Waals surface area contributed by atoms with Gasteiger partial charge in [0.25, 0.3) is 5.91 Å². The highest BCUT2D eigenvalue weighted by atomic mass is 35.5. The molecule has 0 spiro atoms. The van der Waals surface area contributed by atoms with Crippen molar-refractivity contribution in [3.05, 3.63) is 88.9 Å². The minimum atomic E-state index is -0.162. The Morgan fingerprint density at radius 2 is 1.77 bits per heavy atom. The number of methoxy groups -OCH3 is 1. The van der Waals surface area contributed by atoms with Crippen molar-refractivity contribution in [2.75, 3.05) is 24.7 Å². The van der Waals surface area contributed by atoms with Crippen LogP contribution in [0.3, 0.4) is 0 Å². The molecule has 0 heterocycles. The summed E-state index contributed by atoms with van der Waals surface area (Å²) in [4.78, 5) is 25.7. The number of thioether (sulfide) groups is 1. The van der Waals surface area contributed by atoms with E-state index in [1.54, 1.807) is 25.3 Å². The second-order valence-electron chi connectivity index (χ2n) is 6.70. The molecule has 0 aliphatic heterocycles. The predicted molar refractivity (Wildman–Crippen MR) is 126 cm³/mol. The first-order chi connectivity index (χ1) is 15.0. The summed E-state index contributed by atoms with van der Waals surface area (Å²) in [6, 6.07) is 22.0. The fraction of sp³-hybridized carbons (Fsp3) is 0.167. The molecule has 2 N–H and O–H groups in total. The van der Waals surface area contributed by atoms with Gasteiger partial charge in [-0.05, 0) is 48.4 Å². The lowest BCUT2D eigenvalue weighted by Gasteiger charge is -2.11. The van der Waals surface area contributed by atoms with Crippen LogP contribution in [0.4, 0.5) is 5.69 Å². The number of carbonyl (C=O) groups is 2. The zero-order valence-corrected chi connectivity index (χ0v) is 18.6. The van der Waals surface area contributed by atoms with Crippen molar-refractivity contribution < 1.29 is 14.3 Å². The maximum absolute atomic E-state index is 12.7. The van der Waals surface area contributed by atoms with Gasteiger partial charge in [-0.3, -0.25) is 9.59 Å². The summed E-state index contributed by atoms with van der Waals surface area (Å²) in [5, 5.41) is 6.47. The second-order valence-corrected chi connectivity index (χ2v) is 8.15. The zero-order chi connectivity index (χ0) is 22.1. The van der Waals surface area contributed by atoms with Crippen LogP contribution in [0.15, 0.2) is 77.7 Å². The molecule has 0 aliphatic carbocycles. The summed E-state index contributed by atoms with van der Waals surface area (Å²) in [5.41, 5.74) is 2.32. The van der Waals surface area contributed by atoms with Crippen molar-refractivity contribution in [2.45, 2.75) is 11.3 Å². The second kappa shape index (κ2) is 11.4. The number of anilines is 1. The Kier molecular flexibility index (Phi) is 8.38. The molecule has 0 unspecified atom stereocenters. The molecule has 3 rings (SSSR count). The number of hydrogen-bond acceptors (Lipinski definition) is 4. The lowest BCUT2D eigenvalue weighted by Crippen LogP contribution is -2.26. The van der Waals surface area contributed by atoms with Gasteiger partial charge in [0.15, 0.2) is 0 Å². The molecule has 0 saturated heterocycles. The van der Waals surface area contributed by atoms with E-state index in [0.717, 1.165) is 10.5 Å². The summed E-state index contributed by atoms with van der Waals surface area (Å²) in [7, 11) is 1.58. The van der Waals surface area contributed by atoms with Crippen LogP contribution in [-0.4, -0.2) is 31.2 Å². The largest absolute Gasteiger partial charge is 0.497 e. The highest BCUT2D eigenvalue weighted by molar-refractivity contribution is 8.00. The molecule has 0 radical (unpaired) electrons. The Balaban J connectivity index is 1.53. The van der Waals surface area contributed by atoms with Crippen LogP contribution in [-0.2, 0) is 11.2 Å². The van der Waals surface area contributed by atoms with Gasteiger partial charge in [-0.15, -0.1) is 11.8 Å². The average Bonchev–Trinajstić information content (AvgIpc) is 2.79. The van der Waals surface area contributed by atoms with Crippen molar-refractivity contribution in [1.82, 2.24) is 5.32 Å². The smallest absolute Gasteiger partial charge is 0.252 e. The molecule has 7 heteroatoms. The van der Waals surface area contributed by atoms with Crippen LogP contribution in [0.5, 0.6) is 5.75 Å². The molecule has 0 aliphatic rings. The van der Waals surface area contributed by atoms with Gasteiger partial charge in [0.05, 0.1) is 18.4 Å². The van der Waals surface area contributed by atoms with E-state index in [-0.39, 0.29) is 17.6 Å². The summed E-state index contributed by atoms with van der Waals surface area (Å²) in [6.07, 6.45) is 0.709. The van der Waals surface area contributed by atoms with E-state index in [9.17, 15) is 9.59 Å². The number of carbonyl (C=O) groups excluding carboxylic acids is 2. The number of rotatable bonds is 9. The Labute approximate surface area is 191 Å². The number of benzene rings is 3. The Morgan fingerprint density at radius 3 is 2.55 bits per heavy atom. The van der Waals surface area contributed by atoms with E-state index in [1.807, 2.05) is 54.6 Å². The monoisotopic (exact) mass is 454 g/mol. The lowest BCUT2D eigenvalue weighted by molar-refractivity contribution is -0.113. The fourth-order valence-electron chi connectivity index (χ4n) is 2.89. The van der Waals surface area contributed by atoms with Crippen LogP contribution in [0, 0.1) is 0 Å². The first-order valence-electron chi connectivity index (χ1n) is 9.73. The standard InChI is InChI=1S/C24H23ClN2O3S/c1-30-20-6-4-5-19(15-20)27-23(28)16-31-22-8-3-2-7-21(22)24(29)26-14-13-17-9-11-18(25)12-10-17/h2-12,15H,13-14,16H2,1H3,(H,26,29)(H,27,28). The van der Waals surface area contributed by atoms with Gasteiger partial charge in [-0.1, -0.05) is 41.9 Å². The summed E-state index contributed by atoms with van der Waals surface area (Å²) >= 11 is 7.22. The third kappa shape index (κ3) is 7.05. The highest BCUT2D eigenvalue weighted by Gasteiger charge is 2.13. The van der Waals surface area contributed by atoms with Gasteiger partial charge >= 0.3 is 0 Å². The number of nitrogens with one attached hydrogen (secondary N) is 2. The van der Waals surface area contributed by atoms with E-state index >= 15 is 0 Å². The first kappa shape index (κ1) is 22.7. The van der Waals surface area contributed by atoms with Crippen LogP contribution in [0.1, 0.15) is 15.9 Å². The minimum absolute atomic E-state index is 0.156. The lowest BCUT2D eigenvalue weighted by atomic mass is 10.1. The van der Waals surface area contributed by atoms with E-state index in [2.05, 4.69) is 10.6 Å². The van der Waals surface area contributed by atoms with Crippen molar-refractivity contribution in [3.63, 3.8) is 0 Å². The summed E-state index contributed by atoms with van der Waals surface area (Å²) < 4.78 is 5.17. The molecule has 0 saturated carbocycles. The fourth-order valence-corrected chi connectivity index (χ4v) is 3.86. The Bertz CT molecular complexity index is 1040.